The number of benzene rings is 1. The first kappa shape index (κ1) is 15.5. The summed E-state index contributed by atoms with van der Waals surface area (Å²) < 4.78 is 0. The third kappa shape index (κ3) is 4.97. The van der Waals surface area contributed by atoms with Crippen molar-refractivity contribution in [3.05, 3.63) is 35.4 Å². The Morgan fingerprint density at radius 3 is 2.25 bits per heavy atom. The Hall–Kier alpha value is -2.57. The molecule has 1 aromatic rings. The SMILES string of the molecule is NC(=O)CCCCNC(=O)c1ccc(/C(N)=N/O)cc1. The molecular formula is C13H18N4O3. The highest BCUT2D eigenvalue weighted by Crippen LogP contribution is 2.04. The number of rotatable bonds is 7. The minimum absolute atomic E-state index is 0.0107. The van der Waals surface area contributed by atoms with Gasteiger partial charge < -0.3 is 22.0 Å². The maximum atomic E-state index is 11.8. The van der Waals surface area contributed by atoms with Crippen LogP contribution < -0.4 is 16.8 Å². The predicted octanol–water partition coefficient (Wildman–Crippen LogP) is 0.166. The van der Waals surface area contributed by atoms with Crippen LogP contribution in [0, 0.1) is 0 Å². The second-order valence-corrected chi connectivity index (χ2v) is 4.24. The van der Waals surface area contributed by atoms with Gasteiger partial charge in [0.15, 0.2) is 5.84 Å². The van der Waals surface area contributed by atoms with Crippen LogP contribution in [-0.4, -0.2) is 29.4 Å². The summed E-state index contributed by atoms with van der Waals surface area (Å²) in [7, 11) is 0. The molecule has 0 radical (unpaired) electrons. The Kier molecular flexibility index (Phi) is 6.02. The first-order valence-electron chi connectivity index (χ1n) is 6.19. The molecule has 7 nitrogen and oxygen atoms in total. The average molecular weight is 278 g/mol. The molecule has 20 heavy (non-hydrogen) atoms. The number of nitrogens with one attached hydrogen (secondary N) is 1. The first-order chi connectivity index (χ1) is 9.54. The van der Waals surface area contributed by atoms with Crippen LogP contribution in [0.2, 0.25) is 0 Å². The highest BCUT2D eigenvalue weighted by molar-refractivity contribution is 5.99. The predicted molar refractivity (Wildman–Crippen MR) is 74.3 cm³/mol. The number of primary amides is 1. The molecule has 0 spiro atoms. The number of amidine groups is 1. The van der Waals surface area contributed by atoms with Crippen LogP contribution in [0.5, 0.6) is 0 Å². The van der Waals surface area contributed by atoms with Gasteiger partial charge in [0.2, 0.25) is 5.91 Å². The van der Waals surface area contributed by atoms with Crippen molar-refractivity contribution in [1.29, 1.82) is 0 Å². The maximum absolute atomic E-state index is 11.8. The quantitative estimate of drug-likeness (QED) is 0.186. The molecule has 0 bridgehead atoms. The molecule has 0 aliphatic carbocycles. The number of carbonyl (C=O) groups is 2. The molecule has 0 heterocycles. The fraction of sp³-hybridized carbons (Fsp3) is 0.308. The van der Waals surface area contributed by atoms with Gasteiger partial charge in [-0.1, -0.05) is 17.3 Å². The molecule has 7 heteroatoms. The minimum atomic E-state index is -0.338. The summed E-state index contributed by atoms with van der Waals surface area (Å²) in [5.74, 6) is -0.561. The molecule has 108 valence electrons. The third-order valence-corrected chi connectivity index (χ3v) is 2.69. The first-order valence-corrected chi connectivity index (χ1v) is 6.19. The molecule has 0 aromatic heterocycles. The van der Waals surface area contributed by atoms with E-state index < -0.39 is 0 Å². The lowest BCUT2D eigenvalue weighted by Gasteiger charge is -2.05. The Labute approximate surface area is 116 Å². The summed E-state index contributed by atoms with van der Waals surface area (Å²) in [5.41, 5.74) is 11.4. The largest absolute Gasteiger partial charge is 0.409 e. The van der Waals surface area contributed by atoms with E-state index in [0.29, 0.717) is 36.9 Å². The average Bonchev–Trinajstić information content (AvgIpc) is 2.45. The Balaban J connectivity index is 2.42. The van der Waals surface area contributed by atoms with Gasteiger partial charge in [-0.3, -0.25) is 9.59 Å². The Bertz CT molecular complexity index is 497. The highest BCUT2D eigenvalue weighted by Gasteiger charge is 2.06. The number of nitrogens with two attached hydrogens (primary N) is 2. The summed E-state index contributed by atoms with van der Waals surface area (Å²) in [6.07, 6.45) is 1.67. The molecule has 0 aliphatic heterocycles. The van der Waals surface area contributed by atoms with E-state index in [1.165, 1.54) is 0 Å². The fourth-order valence-corrected chi connectivity index (χ4v) is 1.58. The Morgan fingerprint density at radius 2 is 1.70 bits per heavy atom. The van der Waals surface area contributed by atoms with Crippen LogP contribution >= 0.6 is 0 Å². The van der Waals surface area contributed by atoms with E-state index in [2.05, 4.69) is 10.5 Å². The van der Waals surface area contributed by atoms with Gasteiger partial charge in [-0.05, 0) is 25.0 Å². The highest BCUT2D eigenvalue weighted by atomic mass is 16.4. The zero-order chi connectivity index (χ0) is 15.0. The lowest BCUT2D eigenvalue weighted by atomic mass is 10.1. The number of amides is 2. The van der Waals surface area contributed by atoms with Crippen molar-refractivity contribution in [1.82, 2.24) is 5.32 Å². The Morgan fingerprint density at radius 1 is 1.10 bits per heavy atom. The van der Waals surface area contributed by atoms with Crippen LogP contribution in [-0.2, 0) is 4.79 Å². The van der Waals surface area contributed by atoms with E-state index in [1.54, 1.807) is 24.3 Å². The van der Waals surface area contributed by atoms with Gasteiger partial charge in [0.25, 0.3) is 5.91 Å². The van der Waals surface area contributed by atoms with Crippen LogP contribution in [0.3, 0.4) is 0 Å². The van der Waals surface area contributed by atoms with Crippen molar-refractivity contribution < 1.29 is 14.8 Å². The molecule has 0 fully saturated rings. The van der Waals surface area contributed by atoms with Gasteiger partial charge in [0.05, 0.1) is 0 Å². The van der Waals surface area contributed by atoms with Crippen molar-refractivity contribution >= 4 is 17.6 Å². The zero-order valence-electron chi connectivity index (χ0n) is 11.0. The third-order valence-electron chi connectivity index (χ3n) is 2.69. The van der Waals surface area contributed by atoms with Crippen LogP contribution in [0.25, 0.3) is 0 Å². The van der Waals surface area contributed by atoms with Gasteiger partial charge in [-0.2, -0.15) is 0 Å². The summed E-state index contributed by atoms with van der Waals surface area (Å²) >= 11 is 0. The summed E-state index contributed by atoms with van der Waals surface area (Å²) in [5, 5.41) is 14.1. The van der Waals surface area contributed by atoms with Gasteiger partial charge in [0, 0.05) is 24.1 Å². The molecule has 6 N–H and O–H groups in total. The molecular weight excluding hydrogens is 260 g/mol. The van der Waals surface area contributed by atoms with Crippen LogP contribution in [0.1, 0.15) is 35.2 Å². The summed E-state index contributed by atoms with van der Waals surface area (Å²) in [6.45, 7) is 0.480. The van der Waals surface area contributed by atoms with Crippen molar-refractivity contribution in [2.24, 2.45) is 16.6 Å². The number of hydrogen-bond acceptors (Lipinski definition) is 4. The van der Waals surface area contributed by atoms with E-state index >= 15 is 0 Å². The monoisotopic (exact) mass is 278 g/mol. The van der Waals surface area contributed by atoms with Gasteiger partial charge in [-0.15, -0.1) is 0 Å². The van der Waals surface area contributed by atoms with Crippen LogP contribution in [0.4, 0.5) is 0 Å². The van der Waals surface area contributed by atoms with Crippen molar-refractivity contribution in [2.75, 3.05) is 6.54 Å². The molecule has 0 atom stereocenters. The normalized spacial score (nSPS) is 11.1. The molecule has 1 rings (SSSR count). The maximum Gasteiger partial charge on any atom is 0.251 e. The molecule has 0 saturated carbocycles. The second-order valence-electron chi connectivity index (χ2n) is 4.24. The fourth-order valence-electron chi connectivity index (χ4n) is 1.58. The van der Waals surface area contributed by atoms with Crippen LogP contribution in [0.15, 0.2) is 29.4 Å². The minimum Gasteiger partial charge on any atom is -0.409 e. The zero-order valence-corrected chi connectivity index (χ0v) is 11.0. The second kappa shape index (κ2) is 7.78. The lowest BCUT2D eigenvalue weighted by molar-refractivity contribution is -0.118. The number of hydrogen-bond donors (Lipinski definition) is 4. The van der Waals surface area contributed by atoms with Gasteiger partial charge in [0.1, 0.15) is 0 Å². The van der Waals surface area contributed by atoms with E-state index in [1.807, 2.05) is 0 Å². The van der Waals surface area contributed by atoms with Crippen molar-refractivity contribution in [2.45, 2.75) is 19.3 Å². The summed E-state index contributed by atoms with van der Waals surface area (Å²) in [6, 6.07) is 6.37. The molecule has 0 saturated heterocycles. The standard InChI is InChI=1S/C13H18N4O3/c14-11(18)3-1-2-8-16-13(19)10-6-4-9(5-7-10)12(15)17-20/h4-7,20H,1-3,8H2,(H2,14,18)(H2,15,17)(H,16,19). The van der Waals surface area contributed by atoms with Crippen molar-refractivity contribution in [3.8, 4) is 0 Å². The summed E-state index contributed by atoms with van der Waals surface area (Å²) in [4.78, 5) is 22.3. The number of carbonyl (C=O) groups excluding carboxylic acids is 2. The van der Waals surface area contributed by atoms with E-state index in [-0.39, 0.29) is 17.6 Å². The van der Waals surface area contributed by atoms with E-state index in [9.17, 15) is 9.59 Å². The van der Waals surface area contributed by atoms with Gasteiger partial charge >= 0.3 is 0 Å². The molecule has 2 amide bonds. The molecule has 0 unspecified atom stereocenters. The van der Waals surface area contributed by atoms with E-state index in [0.717, 1.165) is 0 Å². The van der Waals surface area contributed by atoms with E-state index in [4.69, 9.17) is 16.7 Å². The van der Waals surface area contributed by atoms with Crippen molar-refractivity contribution in [3.63, 3.8) is 0 Å². The number of nitrogens with zero attached hydrogens (tertiary/aromatic N) is 1. The van der Waals surface area contributed by atoms with Gasteiger partial charge in [-0.25, -0.2) is 0 Å². The smallest absolute Gasteiger partial charge is 0.251 e. The number of oxime groups is 1. The molecule has 0 aliphatic rings. The number of unbranched alkanes of at least 4 members (excludes halogenated alkanes) is 1. The topological polar surface area (TPSA) is 131 Å². The molecule has 1 aromatic carbocycles. The lowest BCUT2D eigenvalue weighted by Crippen LogP contribution is -2.25.